The second-order valence-corrected chi connectivity index (χ2v) is 8.51. The van der Waals surface area contributed by atoms with Crippen LogP contribution in [0.1, 0.15) is 68.3 Å². The van der Waals surface area contributed by atoms with Crippen LogP contribution in [-0.4, -0.2) is 42.3 Å². The Balaban J connectivity index is 1.53. The summed E-state index contributed by atoms with van der Waals surface area (Å²) in [4.78, 5) is 30.7. The number of aliphatic imine (C=N–C) groups is 1. The minimum atomic E-state index is -0.489. The molecule has 3 amide bonds. The predicted molar refractivity (Wildman–Crippen MR) is 121 cm³/mol. The number of fused-ring (bicyclic) bond motifs is 1. The molecule has 3 rings (SSSR count). The van der Waals surface area contributed by atoms with Crippen molar-refractivity contribution >= 4 is 23.5 Å². The number of likely N-dealkylation sites (tertiary alicyclic amines) is 1. The topological polar surface area (TPSA) is 99.8 Å². The normalized spacial score (nSPS) is 20.5. The van der Waals surface area contributed by atoms with Crippen molar-refractivity contribution in [2.24, 2.45) is 22.6 Å². The maximum absolute atomic E-state index is 12.4. The minimum absolute atomic E-state index is 0.113. The van der Waals surface area contributed by atoms with Crippen LogP contribution in [0.4, 0.5) is 10.5 Å². The monoisotopic (exact) mass is 413 g/mol. The number of piperidine rings is 1. The van der Waals surface area contributed by atoms with Crippen molar-refractivity contribution in [3.63, 3.8) is 0 Å². The number of hydrogen-bond donors (Lipinski definition) is 3. The van der Waals surface area contributed by atoms with Gasteiger partial charge < -0.3 is 21.3 Å². The summed E-state index contributed by atoms with van der Waals surface area (Å²) in [5, 5.41) is 5.50. The largest absolute Gasteiger partial charge is 0.387 e. The van der Waals surface area contributed by atoms with E-state index in [1.54, 1.807) is 12.1 Å². The second kappa shape index (κ2) is 10.6. The Bertz CT molecular complexity index is 792. The van der Waals surface area contributed by atoms with Gasteiger partial charge in [-0.3, -0.25) is 4.79 Å². The molecule has 1 aromatic rings. The lowest BCUT2D eigenvalue weighted by molar-refractivity contribution is 0.0965. The number of amides is 3. The van der Waals surface area contributed by atoms with Gasteiger partial charge in [0.05, 0.1) is 0 Å². The zero-order valence-corrected chi connectivity index (χ0v) is 18.2. The zero-order chi connectivity index (χ0) is 21.5. The first-order chi connectivity index (χ1) is 14.5. The van der Waals surface area contributed by atoms with Crippen molar-refractivity contribution < 1.29 is 9.59 Å². The van der Waals surface area contributed by atoms with Crippen LogP contribution in [0.25, 0.3) is 0 Å². The van der Waals surface area contributed by atoms with E-state index in [1.165, 1.54) is 25.7 Å². The molecule has 2 aliphatic heterocycles. The van der Waals surface area contributed by atoms with Gasteiger partial charge in [-0.1, -0.05) is 39.2 Å². The molecule has 0 bridgehead atoms. The maximum atomic E-state index is 12.4. The number of nitrogens with one attached hydrogen (secondary N) is 2. The highest BCUT2D eigenvalue weighted by Crippen LogP contribution is 2.22. The number of urea groups is 1. The van der Waals surface area contributed by atoms with Gasteiger partial charge >= 0.3 is 6.03 Å². The van der Waals surface area contributed by atoms with E-state index < -0.39 is 6.03 Å². The van der Waals surface area contributed by atoms with Crippen molar-refractivity contribution in [3.05, 3.63) is 29.3 Å². The van der Waals surface area contributed by atoms with Crippen LogP contribution in [0.5, 0.6) is 0 Å². The lowest BCUT2D eigenvalue weighted by Crippen LogP contribution is -2.42. The highest BCUT2D eigenvalue weighted by Gasteiger charge is 2.24. The molecule has 0 saturated carbocycles. The van der Waals surface area contributed by atoms with E-state index in [1.807, 2.05) is 6.07 Å². The molecule has 2 atom stereocenters. The molecular formula is C23H35N5O2. The van der Waals surface area contributed by atoms with Crippen LogP contribution in [0.15, 0.2) is 23.2 Å². The summed E-state index contributed by atoms with van der Waals surface area (Å²) < 4.78 is 0. The van der Waals surface area contributed by atoms with Crippen molar-refractivity contribution in [2.45, 2.75) is 58.9 Å². The molecular weight excluding hydrogens is 378 g/mol. The van der Waals surface area contributed by atoms with E-state index in [9.17, 15) is 9.59 Å². The van der Waals surface area contributed by atoms with Crippen molar-refractivity contribution in [1.82, 2.24) is 10.2 Å². The van der Waals surface area contributed by atoms with Gasteiger partial charge in [0.15, 0.2) is 0 Å². The SMILES string of the molecule is CCCC(CC)CCN1CCCC(/C(N)=N/C(=O)Nc2ccc3c(c2)C(=O)NC3)C1. The molecule has 7 nitrogen and oxygen atoms in total. The summed E-state index contributed by atoms with van der Waals surface area (Å²) in [5.41, 5.74) is 8.30. The molecule has 0 radical (unpaired) electrons. The number of benzene rings is 1. The van der Waals surface area contributed by atoms with E-state index in [0.29, 0.717) is 23.6 Å². The number of carbonyl (C=O) groups excluding carboxylic acids is 2. The van der Waals surface area contributed by atoms with Gasteiger partial charge in [-0.15, -0.1) is 0 Å². The lowest BCUT2D eigenvalue weighted by Gasteiger charge is -2.33. The number of anilines is 1. The van der Waals surface area contributed by atoms with Gasteiger partial charge in [0.25, 0.3) is 5.91 Å². The third kappa shape index (κ3) is 5.81. The van der Waals surface area contributed by atoms with Gasteiger partial charge in [0, 0.05) is 30.3 Å². The molecule has 4 N–H and O–H groups in total. The molecule has 1 saturated heterocycles. The molecule has 1 fully saturated rings. The smallest absolute Gasteiger partial charge is 0.347 e. The standard InChI is InChI=1S/C23H35N5O2/c1-3-6-16(4-2)10-12-28-11-5-7-18(15-28)21(24)27-23(30)26-19-9-8-17-14-25-22(29)20(17)13-19/h8-9,13,16,18H,3-7,10-12,14-15H2,1-2H3,(H,25,29)(H3,24,26,27,30). The Morgan fingerprint density at radius 3 is 2.97 bits per heavy atom. The number of nitrogens with zero attached hydrogens (tertiary/aromatic N) is 2. The molecule has 2 heterocycles. The average Bonchev–Trinajstić information content (AvgIpc) is 3.11. The molecule has 164 valence electrons. The van der Waals surface area contributed by atoms with E-state index in [2.05, 4.69) is 34.4 Å². The van der Waals surface area contributed by atoms with E-state index in [4.69, 9.17) is 5.73 Å². The van der Waals surface area contributed by atoms with E-state index >= 15 is 0 Å². The fourth-order valence-electron chi connectivity index (χ4n) is 4.48. The summed E-state index contributed by atoms with van der Waals surface area (Å²) in [6.07, 6.45) is 7.03. The van der Waals surface area contributed by atoms with Crippen LogP contribution < -0.4 is 16.4 Å². The number of nitrogens with two attached hydrogens (primary N) is 1. The van der Waals surface area contributed by atoms with Gasteiger partial charge in [-0.05, 0) is 56.0 Å². The maximum Gasteiger partial charge on any atom is 0.347 e. The Morgan fingerprint density at radius 2 is 2.20 bits per heavy atom. The van der Waals surface area contributed by atoms with Crippen LogP contribution in [0.3, 0.4) is 0 Å². The number of carbonyl (C=O) groups is 2. The summed E-state index contributed by atoms with van der Waals surface area (Å²) in [5.74, 6) is 1.19. The molecule has 0 aromatic heterocycles. The van der Waals surface area contributed by atoms with Crippen molar-refractivity contribution in [3.8, 4) is 0 Å². The highest BCUT2D eigenvalue weighted by molar-refractivity contribution is 6.02. The highest BCUT2D eigenvalue weighted by atomic mass is 16.2. The molecule has 7 heteroatoms. The first-order valence-corrected chi connectivity index (χ1v) is 11.3. The Morgan fingerprint density at radius 1 is 1.37 bits per heavy atom. The number of rotatable bonds is 8. The zero-order valence-electron chi connectivity index (χ0n) is 18.2. The molecule has 30 heavy (non-hydrogen) atoms. The first-order valence-electron chi connectivity index (χ1n) is 11.3. The van der Waals surface area contributed by atoms with Crippen molar-refractivity contribution in [2.75, 3.05) is 25.0 Å². The van der Waals surface area contributed by atoms with Crippen LogP contribution in [-0.2, 0) is 6.54 Å². The number of hydrogen-bond acceptors (Lipinski definition) is 3. The van der Waals surface area contributed by atoms with Gasteiger partial charge in [-0.25, -0.2) is 4.79 Å². The van der Waals surface area contributed by atoms with Gasteiger partial charge in [0.1, 0.15) is 5.84 Å². The Kier molecular flexibility index (Phi) is 7.85. The molecule has 0 spiro atoms. The summed E-state index contributed by atoms with van der Waals surface area (Å²) in [6.45, 7) is 8.10. The van der Waals surface area contributed by atoms with E-state index in [0.717, 1.165) is 44.0 Å². The molecule has 2 unspecified atom stereocenters. The Hall–Kier alpha value is -2.41. The second-order valence-electron chi connectivity index (χ2n) is 8.51. The summed E-state index contributed by atoms with van der Waals surface area (Å²) in [6, 6.07) is 4.82. The van der Waals surface area contributed by atoms with E-state index in [-0.39, 0.29) is 11.8 Å². The predicted octanol–water partition coefficient (Wildman–Crippen LogP) is 3.75. The molecule has 1 aromatic carbocycles. The van der Waals surface area contributed by atoms with Crippen LogP contribution >= 0.6 is 0 Å². The third-order valence-corrected chi connectivity index (χ3v) is 6.33. The van der Waals surface area contributed by atoms with Crippen LogP contribution in [0.2, 0.25) is 0 Å². The first kappa shape index (κ1) is 22.3. The molecule has 0 aliphatic carbocycles. The van der Waals surface area contributed by atoms with Gasteiger partial charge in [-0.2, -0.15) is 4.99 Å². The fourth-order valence-corrected chi connectivity index (χ4v) is 4.48. The molecule has 2 aliphatic rings. The summed E-state index contributed by atoms with van der Waals surface area (Å²) in [7, 11) is 0. The fraction of sp³-hybridized carbons (Fsp3) is 0.609. The lowest BCUT2D eigenvalue weighted by atomic mass is 9.94. The van der Waals surface area contributed by atoms with Crippen molar-refractivity contribution in [1.29, 1.82) is 0 Å². The average molecular weight is 414 g/mol. The Labute approximate surface area is 179 Å². The quantitative estimate of drug-likeness (QED) is 0.446. The summed E-state index contributed by atoms with van der Waals surface area (Å²) >= 11 is 0. The van der Waals surface area contributed by atoms with Crippen LogP contribution in [0, 0.1) is 11.8 Å². The number of amidine groups is 1. The third-order valence-electron chi connectivity index (χ3n) is 6.33. The minimum Gasteiger partial charge on any atom is -0.387 e. The van der Waals surface area contributed by atoms with Gasteiger partial charge in [0.2, 0.25) is 0 Å².